The number of thioether (sulfide) groups is 1. The number of ether oxygens (including phenoxy) is 1. The van der Waals surface area contributed by atoms with Gasteiger partial charge in [0.15, 0.2) is 5.16 Å². The van der Waals surface area contributed by atoms with Crippen molar-refractivity contribution in [1.29, 1.82) is 0 Å². The van der Waals surface area contributed by atoms with Crippen LogP contribution in [0.5, 0.6) is 0 Å². The van der Waals surface area contributed by atoms with E-state index in [-0.39, 0.29) is 17.3 Å². The Morgan fingerprint density at radius 2 is 2.04 bits per heavy atom. The van der Waals surface area contributed by atoms with Crippen molar-refractivity contribution >= 4 is 39.3 Å². The maximum atomic E-state index is 13.5. The average Bonchev–Trinajstić information content (AvgIpc) is 3.06. The molecule has 5 nitrogen and oxygen atoms in total. The lowest BCUT2D eigenvalue weighted by molar-refractivity contribution is -0.139. The summed E-state index contributed by atoms with van der Waals surface area (Å²) < 4.78 is 6.65. The Balaban J connectivity index is 1.87. The highest BCUT2D eigenvalue weighted by molar-refractivity contribution is 7.99. The molecule has 0 aliphatic heterocycles. The molecule has 0 spiro atoms. The SMILES string of the molecule is CCOC(=O)CSc1nc2sc3c(c2c(=O)n1-c1ccccc1)CCCC3. The van der Waals surface area contributed by atoms with Crippen LogP contribution in [0.1, 0.15) is 30.2 Å². The first-order valence-corrected chi connectivity index (χ1v) is 10.9. The predicted molar refractivity (Wildman–Crippen MR) is 109 cm³/mol. The largest absolute Gasteiger partial charge is 0.465 e. The van der Waals surface area contributed by atoms with Crippen molar-refractivity contribution < 1.29 is 9.53 Å². The second-order valence-electron chi connectivity index (χ2n) is 6.36. The predicted octanol–water partition coefficient (Wildman–Crippen LogP) is 3.98. The van der Waals surface area contributed by atoms with Gasteiger partial charge in [0.1, 0.15) is 4.83 Å². The van der Waals surface area contributed by atoms with Gasteiger partial charge in [0.2, 0.25) is 0 Å². The zero-order valence-electron chi connectivity index (χ0n) is 15.1. The third-order valence-corrected chi connectivity index (χ3v) is 6.69. The summed E-state index contributed by atoms with van der Waals surface area (Å²) in [5.41, 5.74) is 1.89. The Hall–Kier alpha value is -2.12. The van der Waals surface area contributed by atoms with Crippen LogP contribution in [0.3, 0.4) is 0 Å². The zero-order valence-corrected chi connectivity index (χ0v) is 16.7. The second-order valence-corrected chi connectivity index (χ2v) is 8.38. The number of esters is 1. The molecule has 2 heterocycles. The molecule has 1 aliphatic carbocycles. The Morgan fingerprint density at radius 1 is 1.26 bits per heavy atom. The first kappa shape index (κ1) is 18.3. The number of thiophene rings is 1. The minimum atomic E-state index is -0.304. The highest BCUT2D eigenvalue weighted by Crippen LogP contribution is 2.35. The van der Waals surface area contributed by atoms with Crippen molar-refractivity contribution in [2.75, 3.05) is 12.4 Å². The number of benzene rings is 1. The molecule has 2 aromatic heterocycles. The molecule has 0 N–H and O–H groups in total. The number of rotatable bonds is 5. The lowest BCUT2D eigenvalue weighted by atomic mass is 9.97. The summed E-state index contributed by atoms with van der Waals surface area (Å²) in [5.74, 6) is -0.175. The quantitative estimate of drug-likeness (QED) is 0.368. The summed E-state index contributed by atoms with van der Waals surface area (Å²) >= 11 is 2.87. The number of carbonyl (C=O) groups is 1. The van der Waals surface area contributed by atoms with Crippen LogP contribution in [0.2, 0.25) is 0 Å². The number of hydrogen-bond acceptors (Lipinski definition) is 6. The van der Waals surface area contributed by atoms with Gasteiger partial charge in [0.25, 0.3) is 5.56 Å². The van der Waals surface area contributed by atoms with E-state index in [2.05, 4.69) is 0 Å². The van der Waals surface area contributed by atoms with Gasteiger partial charge in [-0.1, -0.05) is 30.0 Å². The van der Waals surface area contributed by atoms with Crippen LogP contribution in [0, 0.1) is 0 Å². The number of aromatic nitrogens is 2. The molecule has 0 unspecified atom stereocenters. The lowest BCUT2D eigenvalue weighted by Crippen LogP contribution is -2.22. The van der Waals surface area contributed by atoms with E-state index in [0.29, 0.717) is 11.8 Å². The molecule has 4 rings (SSSR count). The van der Waals surface area contributed by atoms with Crippen LogP contribution < -0.4 is 5.56 Å². The molecular weight excluding hydrogens is 380 g/mol. The number of aryl methyl sites for hydroxylation is 2. The number of carbonyl (C=O) groups excluding carboxylic acids is 1. The number of fused-ring (bicyclic) bond motifs is 3. The maximum Gasteiger partial charge on any atom is 0.316 e. The van der Waals surface area contributed by atoms with Crippen LogP contribution >= 0.6 is 23.1 Å². The van der Waals surface area contributed by atoms with Crippen LogP contribution in [0.15, 0.2) is 40.3 Å². The van der Waals surface area contributed by atoms with Crippen molar-refractivity contribution in [1.82, 2.24) is 9.55 Å². The van der Waals surface area contributed by atoms with E-state index in [9.17, 15) is 9.59 Å². The van der Waals surface area contributed by atoms with Gasteiger partial charge in [0, 0.05) is 4.88 Å². The van der Waals surface area contributed by atoms with Crippen LogP contribution in [0.4, 0.5) is 0 Å². The standard InChI is InChI=1S/C20H20N2O3S2/c1-2-25-16(23)12-26-20-21-18-17(14-10-6-7-11-15(14)27-18)19(24)22(20)13-8-4-3-5-9-13/h3-5,8-9H,2,6-7,10-12H2,1H3. The Kier molecular flexibility index (Phi) is 5.31. The molecule has 0 atom stereocenters. The van der Waals surface area contributed by atoms with Crippen molar-refractivity contribution in [3.63, 3.8) is 0 Å². The van der Waals surface area contributed by atoms with Gasteiger partial charge in [-0.3, -0.25) is 14.2 Å². The van der Waals surface area contributed by atoms with Gasteiger partial charge in [-0.15, -0.1) is 11.3 Å². The summed E-state index contributed by atoms with van der Waals surface area (Å²) in [5, 5.41) is 1.28. The molecule has 0 fully saturated rings. The number of hydrogen-bond donors (Lipinski definition) is 0. The Morgan fingerprint density at radius 3 is 2.81 bits per heavy atom. The van der Waals surface area contributed by atoms with E-state index < -0.39 is 0 Å². The number of para-hydroxylation sites is 1. The third kappa shape index (κ3) is 3.53. The average molecular weight is 401 g/mol. The van der Waals surface area contributed by atoms with E-state index >= 15 is 0 Å². The summed E-state index contributed by atoms with van der Waals surface area (Å²) in [4.78, 5) is 32.1. The first-order valence-electron chi connectivity index (χ1n) is 9.10. The Labute approximate surface area is 165 Å². The van der Waals surface area contributed by atoms with Gasteiger partial charge in [-0.25, -0.2) is 4.98 Å². The van der Waals surface area contributed by atoms with Crippen LogP contribution in [-0.2, 0) is 22.4 Å². The monoisotopic (exact) mass is 400 g/mol. The van der Waals surface area contributed by atoms with E-state index in [1.807, 2.05) is 30.3 Å². The highest BCUT2D eigenvalue weighted by atomic mass is 32.2. The minimum Gasteiger partial charge on any atom is -0.465 e. The second kappa shape index (κ2) is 7.86. The van der Waals surface area contributed by atoms with Crippen molar-refractivity contribution in [2.24, 2.45) is 0 Å². The molecule has 7 heteroatoms. The molecule has 0 saturated heterocycles. The van der Waals surface area contributed by atoms with Crippen LogP contribution in [0.25, 0.3) is 15.9 Å². The van der Waals surface area contributed by atoms with Gasteiger partial charge in [-0.2, -0.15) is 0 Å². The fourth-order valence-corrected chi connectivity index (χ4v) is 5.53. The fourth-order valence-electron chi connectivity index (χ4n) is 3.41. The van der Waals surface area contributed by atoms with Gasteiger partial charge < -0.3 is 4.74 Å². The normalized spacial score (nSPS) is 13.5. The summed E-state index contributed by atoms with van der Waals surface area (Å²) in [6.45, 7) is 2.12. The Bertz CT molecular complexity index is 1040. The molecule has 0 amide bonds. The first-order chi connectivity index (χ1) is 13.2. The van der Waals surface area contributed by atoms with E-state index in [1.165, 1.54) is 22.2 Å². The maximum absolute atomic E-state index is 13.5. The van der Waals surface area contributed by atoms with Crippen molar-refractivity contribution in [3.8, 4) is 5.69 Å². The van der Waals surface area contributed by atoms with E-state index in [4.69, 9.17) is 9.72 Å². The van der Waals surface area contributed by atoms with E-state index in [0.717, 1.165) is 41.6 Å². The smallest absolute Gasteiger partial charge is 0.316 e. The molecule has 0 radical (unpaired) electrons. The molecule has 0 saturated carbocycles. The molecule has 3 aromatic rings. The molecule has 1 aliphatic rings. The highest BCUT2D eigenvalue weighted by Gasteiger charge is 2.23. The summed E-state index contributed by atoms with van der Waals surface area (Å²) in [6, 6.07) is 9.49. The third-order valence-electron chi connectivity index (χ3n) is 4.60. The molecule has 1 aromatic carbocycles. The van der Waals surface area contributed by atoms with Crippen molar-refractivity contribution in [2.45, 2.75) is 37.8 Å². The fraction of sp³-hybridized carbons (Fsp3) is 0.350. The van der Waals surface area contributed by atoms with Gasteiger partial charge in [0.05, 0.1) is 23.4 Å². The van der Waals surface area contributed by atoms with Gasteiger partial charge >= 0.3 is 5.97 Å². The van der Waals surface area contributed by atoms with Crippen LogP contribution in [-0.4, -0.2) is 27.9 Å². The van der Waals surface area contributed by atoms with Crippen molar-refractivity contribution in [3.05, 3.63) is 51.1 Å². The number of nitrogens with zero attached hydrogens (tertiary/aromatic N) is 2. The molecular formula is C20H20N2O3S2. The summed E-state index contributed by atoms with van der Waals surface area (Å²) in [6.07, 6.45) is 4.24. The summed E-state index contributed by atoms with van der Waals surface area (Å²) in [7, 11) is 0. The minimum absolute atomic E-state index is 0.0445. The lowest BCUT2D eigenvalue weighted by Gasteiger charge is -2.13. The molecule has 0 bridgehead atoms. The van der Waals surface area contributed by atoms with Gasteiger partial charge in [-0.05, 0) is 50.3 Å². The zero-order chi connectivity index (χ0) is 18.8. The molecule has 140 valence electrons. The topological polar surface area (TPSA) is 61.2 Å². The molecule has 27 heavy (non-hydrogen) atoms. The van der Waals surface area contributed by atoms with E-state index in [1.54, 1.807) is 22.8 Å².